The Bertz CT molecular complexity index is 593. The molecular formula is C16H21ClN2O4. The van der Waals surface area contributed by atoms with Crippen LogP contribution in [0.5, 0.6) is 5.75 Å². The highest BCUT2D eigenvalue weighted by atomic mass is 35.5. The topological polar surface area (TPSA) is 67.9 Å². The molecule has 1 saturated heterocycles. The molecule has 126 valence electrons. The quantitative estimate of drug-likeness (QED) is 0.858. The lowest BCUT2D eigenvalue weighted by Crippen LogP contribution is -2.40. The molecule has 0 bridgehead atoms. The molecule has 2 amide bonds. The predicted octanol–water partition coefficient (Wildman–Crippen LogP) is 1.85. The van der Waals surface area contributed by atoms with Gasteiger partial charge in [0.2, 0.25) is 11.8 Å². The fourth-order valence-corrected chi connectivity index (χ4v) is 2.81. The van der Waals surface area contributed by atoms with Crippen LogP contribution in [0.15, 0.2) is 18.2 Å². The van der Waals surface area contributed by atoms with E-state index in [9.17, 15) is 9.59 Å². The second kappa shape index (κ2) is 7.66. The first-order chi connectivity index (χ1) is 11.0. The summed E-state index contributed by atoms with van der Waals surface area (Å²) in [6.45, 7) is 2.59. The molecule has 0 aromatic heterocycles. The summed E-state index contributed by atoms with van der Waals surface area (Å²) in [6, 6.07) is 4.98. The molecule has 0 spiro atoms. The van der Waals surface area contributed by atoms with Crippen LogP contribution in [-0.4, -0.2) is 45.2 Å². The lowest BCUT2D eigenvalue weighted by Gasteiger charge is -2.20. The average Bonchev–Trinajstić information content (AvgIpc) is 2.89. The van der Waals surface area contributed by atoms with E-state index in [1.807, 2.05) is 6.92 Å². The number of ether oxygens (including phenoxy) is 2. The summed E-state index contributed by atoms with van der Waals surface area (Å²) in [5.74, 6) is -0.112. The number of hydrogen-bond donors (Lipinski definition) is 1. The van der Waals surface area contributed by atoms with Gasteiger partial charge in [-0.15, -0.1) is 0 Å². The van der Waals surface area contributed by atoms with Crippen molar-refractivity contribution >= 4 is 29.1 Å². The van der Waals surface area contributed by atoms with Gasteiger partial charge in [0.1, 0.15) is 5.75 Å². The molecule has 23 heavy (non-hydrogen) atoms. The molecule has 0 radical (unpaired) electrons. The maximum atomic E-state index is 12.3. The number of anilines is 1. The van der Waals surface area contributed by atoms with Gasteiger partial charge in [-0.05, 0) is 25.1 Å². The number of halogens is 1. The van der Waals surface area contributed by atoms with E-state index in [0.717, 1.165) is 0 Å². The van der Waals surface area contributed by atoms with Crippen LogP contribution in [0.4, 0.5) is 5.69 Å². The van der Waals surface area contributed by atoms with E-state index in [2.05, 4.69) is 5.32 Å². The Balaban J connectivity index is 2.11. The van der Waals surface area contributed by atoms with Crippen molar-refractivity contribution in [1.82, 2.24) is 5.32 Å². The Morgan fingerprint density at radius 1 is 1.48 bits per heavy atom. The standard InChI is InChI=1S/C16H21ClN2O4/c1-10(9-22-2)18-16(21)11-6-15(20)19(8-11)13-7-12(17)4-5-14(13)23-3/h4-5,7,10-11H,6,8-9H2,1-3H3,(H,18,21). The molecule has 2 unspecified atom stereocenters. The van der Waals surface area contributed by atoms with Crippen molar-refractivity contribution in [2.24, 2.45) is 5.92 Å². The summed E-state index contributed by atoms with van der Waals surface area (Å²) in [5.41, 5.74) is 0.588. The van der Waals surface area contributed by atoms with E-state index in [4.69, 9.17) is 21.1 Å². The lowest BCUT2D eigenvalue weighted by molar-refractivity contribution is -0.127. The molecule has 1 aromatic rings. The first-order valence-corrected chi connectivity index (χ1v) is 7.77. The molecule has 7 heteroatoms. The van der Waals surface area contributed by atoms with E-state index in [1.165, 1.54) is 7.11 Å². The maximum Gasteiger partial charge on any atom is 0.227 e. The number of benzene rings is 1. The normalized spacial score (nSPS) is 18.9. The van der Waals surface area contributed by atoms with Crippen molar-refractivity contribution in [2.45, 2.75) is 19.4 Å². The van der Waals surface area contributed by atoms with Crippen LogP contribution in [0.1, 0.15) is 13.3 Å². The molecule has 0 saturated carbocycles. The van der Waals surface area contributed by atoms with Crippen molar-refractivity contribution in [3.8, 4) is 5.75 Å². The Morgan fingerprint density at radius 2 is 2.22 bits per heavy atom. The first kappa shape index (κ1) is 17.6. The Morgan fingerprint density at radius 3 is 2.87 bits per heavy atom. The van der Waals surface area contributed by atoms with Crippen molar-refractivity contribution < 1.29 is 19.1 Å². The fraction of sp³-hybridized carbons (Fsp3) is 0.500. The van der Waals surface area contributed by atoms with Gasteiger partial charge in [-0.25, -0.2) is 0 Å². The predicted molar refractivity (Wildman–Crippen MR) is 87.9 cm³/mol. The summed E-state index contributed by atoms with van der Waals surface area (Å²) in [7, 11) is 3.11. The molecule has 1 aromatic carbocycles. The average molecular weight is 341 g/mol. The number of hydrogen-bond acceptors (Lipinski definition) is 4. The molecule has 1 heterocycles. The Labute approximate surface area is 140 Å². The SMILES string of the molecule is COCC(C)NC(=O)C1CC(=O)N(c2cc(Cl)ccc2OC)C1. The van der Waals surface area contributed by atoms with Gasteiger partial charge in [0.15, 0.2) is 0 Å². The third-order valence-electron chi connectivity index (χ3n) is 3.73. The van der Waals surface area contributed by atoms with Crippen molar-refractivity contribution in [2.75, 3.05) is 32.3 Å². The van der Waals surface area contributed by atoms with Crippen molar-refractivity contribution in [3.05, 3.63) is 23.2 Å². The van der Waals surface area contributed by atoms with Gasteiger partial charge < -0.3 is 19.7 Å². The zero-order valence-corrected chi connectivity index (χ0v) is 14.2. The van der Waals surface area contributed by atoms with Gasteiger partial charge in [0, 0.05) is 31.1 Å². The molecule has 2 atom stereocenters. The van der Waals surface area contributed by atoms with Gasteiger partial charge >= 0.3 is 0 Å². The number of methoxy groups -OCH3 is 2. The highest BCUT2D eigenvalue weighted by molar-refractivity contribution is 6.31. The Kier molecular flexibility index (Phi) is 5.85. The number of carbonyl (C=O) groups excluding carboxylic acids is 2. The molecule has 6 nitrogen and oxygen atoms in total. The second-order valence-corrected chi connectivity index (χ2v) is 6.02. The fourth-order valence-electron chi connectivity index (χ4n) is 2.64. The largest absolute Gasteiger partial charge is 0.495 e. The van der Waals surface area contributed by atoms with E-state index in [0.29, 0.717) is 29.6 Å². The second-order valence-electron chi connectivity index (χ2n) is 5.59. The number of carbonyl (C=O) groups is 2. The minimum atomic E-state index is -0.398. The number of nitrogens with zero attached hydrogens (tertiary/aromatic N) is 1. The first-order valence-electron chi connectivity index (χ1n) is 7.39. The number of nitrogens with one attached hydrogen (secondary N) is 1. The van der Waals surface area contributed by atoms with Gasteiger partial charge in [-0.3, -0.25) is 9.59 Å². The van der Waals surface area contributed by atoms with Crippen LogP contribution in [0.25, 0.3) is 0 Å². The van der Waals surface area contributed by atoms with E-state index >= 15 is 0 Å². The van der Waals surface area contributed by atoms with Gasteiger partial charge in [-0.1, -0.05) is 11.6 Å². The van der Waals surface area contributed by atoms with Crippen LogP contribution >= 0.6 is 11.6 Å². The summed E-state index contributed by atoms with van der Waals surface area (Å²) < 4.78 is 10.3. The summed E-state index contributed by atoms with van der Waals surface area (Å²) in [4.78, 5) is 26.1. The summed E-state index contributed by atoms with van der Waals surface area (Å²) in [6.07, 6.45) is 0.168. The number of amides is 2. The smallest absolute Gasteiger partial charge is 0.227 e. The minimum Gasteiger partial charge on any atom is -0.495 e. The lowest BCUT2D eigenvalue weighted by atomic mass is 10.1. The van der Waals surface area contributed by atoms with Gasteiger partial charge in [-0.2, -0.15) is 0 Å². The van der Waals surface area contributed by atoms with Crippen LogP contribution in [-0.2, 0) is 14.3 Å². The van der Waals surface area contributed by atoms with Crippen LogP contribution < -0.4 is 15.0 Å². The molecule has 1 aliphatic rings. The molecular weight excluding hydrogens is 320 g/mol. The van der Waals surface area contributed by atoms with Crippen LogP contribution in [0.3, 0.4) is 0 Å². The molecule has 1 fully saturated rings. The van der Waals surface area contributed by atoms with Gasteiger partial charge in [0.25, 0.3) is 0 Å². The molecule has 0 aliphatic carbocycles. The zero-order valence-electron chi connectivity index (χ0n) is 13.5. The van der Waals surface area contributed by atoms with Crippen molar-refractivity contribution in [1.29, 1.82) is 0 Å². The van der Waals surface area contributed by atoms with E-state index in [1.54, 1.807) is 30.2 Å². The highest BCUT2D eigenvalue weighted by Gasteiger charge is 2.36. The van der Waals surface area contributed by atoms with Crippen LogP contribution in [0, 0.1) is 5.92 Å². The third kappa shape index (κ3) is 4.14. The minimum absolute atomic E-state index is 0.0997. The molecule has 2 rings (SSSR count). The third-order valence-corrected chi connectivity index (χ3v) is 3.97. The number of rotatable bonds is 6. The van der Waals surface area contributed by atoms with E-state index < -0.39 is 5.92 Å². The monoisotopic (exact) mass is 340 g/mol. The van der Waals surface area contributed by atoms with Crippen molar-refractivity contribution in [3.63, 3.8) is 0 Å². The zero-order chi connectivity index (χ0) is 17.0. The van der Waals surface area contributed by atoms with E-state index in [-0.39, 0.29) is 24.3 Å². The maximum absolute atomic E-state index is 12.3. The van der Waals surface area contributed by atoms with Crippen LogP contribution in [0.2, 0.25) is 5.02 Å². The van der Waals surface area contributed by atoms with Gasteiger partial charge in [0.05, 0.1) is 25.3 Å². The Hall–Kier alpha value is -1.79. The molecule has 1 aliphatic heterocycles. The summed E-state index contributed by atoms with van der Waals surface area (Å²) in [5, 5.41) is 3.36. The molecule has 1 N–H and O–H groups in total. The summed E-state index contributed by atoms with van der Waals surface area (Å²) >= 11 is 6.02. The highest BCUT2D eigenvalue weighted by Crippen LogP contribution is 2.35.